The Morgan fingerprint density at radius 1 is 1.33 bits per heavy atom. The number of esters is 1. The first-order valence-corrected chi connectivity index (χ1v) is 10.2. The summed E-state index contributed by atoms with van der Waals surface area (Å²) in [5.74, 6) is -0.130. The van der Waals surface area contributed by atoms with Crippen LogP contribution in [0, 0.1) is 6.92 Å². The quantitative estimate of drug-likeness (QED) is 0.791. The molecule has 1 aliphatic rings. The molecule has 0 saturated carbocycles. The highest BCUT2D eigenvalue weighted by molar-refractivity contribution is 7.20. The number of aryl methyl sites for hydroxylation is 2. The van der Waals surface area contributed by atoms with E-state index in [0.717, 1.165) is 37.9 Å². The molecule has 2 aromatic heterocycles. The van der Waals surface area contributed by atoms with Crippen LogP contribution in [0.25, 0.3) is 10.2 Å². The van der Waals surface area contributed by atoms with Crippen molar-refractivity contribution in [2.45, 2.75) is 65.5 Å². The molecule has 1 aliphatic heterocycles. The SMILES string of the molecule is CC[C@H](C)NC(=O)COC(=O)c1sc2nc3n(c(=O)c2c1C)CCCCC3. The Labute approximate surface area is 161 Å². The molecule has 8 heteroatoms. The molecule has 0 saturated heterocycles. The molecule has 27 heavy (non-hydrogen) atoms. The molecule has 3 heterocycles. The molecule has 0 radical (unpaired) electrons. The van der Waals surface area contributed by atoms with Crippen molar-refractivity contribution in [3.05, 3.63) is 26.6 Å². The van der Waals surface area contributed by atoms with Crippen molar-refractivity contribution >= 4 is 33.4 Å². The second-order valence-electron chi connectivity index (χ2n) is 6.98. The molecule has 1 N–H and O–H groups in total. The van der Waals surface area contributed by atoms with E-state index < -0.39 is 5.97 Å². The molecule has 2 aromatic rings. The van der Waals surface area contributed by atoms with Crippen LogP contribution in [0.15, 0.2) is 4.79 Å². The van der Waals surface area contributed by atoms with E-state index in [-0.39, 0.29) is 24.1 Å². The highest BCUT2D eigenvalue weighted by Crippen LogP contribution is 2.28. The summed E-state index contributed by atoms with van der Waals surface area (Å²) in [6.07, 6.45) is 4.64. The van der Waals surface area contributed by atoms with Gasteiger partial charge in [0.05, 0.1) is 5.39 Å². The fourth-order valence-electron chi connectivity index (χ4n) is 3.22. The van der Waals surface area contributed by atoms with Gasteiger partial charge in [-0.2, -0.15) is 0 Å². The third-order valence-corrected chi connectivity index (χ3v) is 6.12. The second kappa shape index (κ2) is 8.21. The minimum atomic E-state index is -0.589. The number of amides is 1. The number of fused-ring (bicyclic) bond motifs is 2. The van der Waals surface area contributed by atoms with E-state index >= 15 is 0 Å². The first-order valence-electron chi connectivity index (χ1n) is 9.41. The second-order valence-corrected chi connectivity index (χ2v) is 7.98. The lowest BCUT2D eigenvalue weighted by Crippen LogP contribution is -2.35. The standard InChI is InChI=1S/C19H25N3O4S/c1-4-11(2)20-14(23)10-26-19(25)16-12(3)15-17(27-16)21-13-8-6-5-7-9-22(13)18(15)24/h11H,4-10H2,1-3H3,(H,20,23)/t11-/m0/s1. The molecule has 146 valence electrons. The van der Waals surface area contributed by atoms with Crippen molar-refractivity contribution in [1.29, 1.82) is 0 Å². The number of thiophene rings is 1. The van der Waals surface area contributed by atoms with E-state index in [4.69, 9.17) is 4.74 Å². The fourth-order valence-corrected chi connectivity index (χ4v) is 4.30. The highest BCUT2D eigenvalue weighted by atomic mass is 32.1. The first-order chi connectivity index (χ1) is 12.9. The van der Waals surface area contributed by atoms with Gasteiger partial charge in [-0.3, -0.25) is 14.2 Å². The Kier molecular flexibility index (Phi) is 5.94. The zero-order valence-electron chi connectivity index (χ0n) is 16.0. The van der Waals surface area contributed by atoms with Crippen molar-refractivity contribution in [2.75, 3.05) is 6.61 Å². The zero-order chi connectivity index (χ0) is 19.6. The van der Waals surface area contributed by atoms with E-state index in [1.807, 2.05) is 13.8 Å². The van der Waals surface area contributed by atoms with Crippen molar-refractivity contribution < 1.29 is 14.3 Å². The van der Waals surface area contributed by atoms with E-state index in [0.29, 0.717) is 27.2 Å². The van der Waals surface area contributed by atoms with Crippen LogP contribution in [0.5, 0.6) is 0 Å². The van der Waals surface area contributed by atoms with Crippen LogP contribution in [0.1, 0.15) is 60.6 Å². The van der Waals surface area contributed by atoms with E-state index in [9.17, 15) is 14.4 Å². The maximum Gasteiger partial charge on any atom is 0.349 e. The van der Waals surface area contributed by atoms with Crippen LogP contribution in [0.3, 0.4) is 0 Å². The molecule has 7 nitrogen and oxygen atoms in total. The smallest absolute Gasteiger partial charge is 0.349 e. The summed E-state index contributed by atoms with van der Waals surface area (Å²) in [7, 11) is 0. The third kappa shape index (κ3) is 4.05. The van der Waals surface area contributed by atoms with Crippen molar-refractivity contribution in [3.8, 4) is 0 Å². The number of nitrogens with one attached hydrogen (secondary N) is 1. The van der Waals surface area contributed by atoms with Crippen LogP contribution < -0.4 is 10.9 Å². The lowest BCUT2D eigenvalue weighted by Gasteiger charge is -2.11. The van der Waals surface area contributed by atoms with Crippen LogP contribution >= 0.6 is 11.3 Å². The largest absolute Gasteiger partial charge is 0.451 e. The van der Waals surface area contributed by atoms with E-state index in [1.165, 1.54) is 11.3 Å². The van der Waals surface area contributed by atoms with Gasteiger partial charge in [0.1, 0.15) is 15.5 Å². The van der Waals surface area contributed by atoms with Crippen LogP contribution in [0.2, 0.25) is 0 Å². The summed E-state index contributed by atoms with van der Waals surface area (Å²) in [6.45, 7) is 5.92. The Morgan fingerprint density at radius 2 is 2.11 bits per heavy atom. The molecule has 0 aromatic carbocycles. The molecule has 1 atom stereocenters. The van der Waals surface area contributed by atoms with Crippen LogP contribution in [-0.4, -0.2) is 34.1 Å². The van der Waals surface area contributed by atoms with E-state index in [2.05, 4.69) is 10.3 Å². The van der Waals surface area contributed by atoms with Gasteiger partial charge in [-0.25, -0.2) is 9.78 Å². The highest BCUT2D eigenvalue weighted by Gasteiger charge is 2.23. The Hall–Kier alpha value is -2.22. The molecule has 0 aliphatic carbocycles. The Balaban J connectivity index is 1.84. The summed E-state index contributed by atoms with van der Waals surface area (Å²) in [5.41, 5.74) is 0.499. The van der Waals surface area contributed by atoms with Crippen molar-refractivity contribution in [2.24, 2.45) is 0 Å². The predicted octanol–water partition coefficient (Wildman–Crippen LogP) is 2.56. The average molecular weight is 391 g/mol. The van der Waals surface area contributed by atoms with Crippen LogP contribution in [0.4, 0.5) is 0 Å². The third-order valence-electron chi connectivity index (χ3n) is 4.95. The average Bonchev–Trinajstić information content (AvgIpc) is 2.82. The number of hydrogen-bond donors (Lipinski definition) is 1. The first kappa shape index (κ1) is 19.5. The summed E-state index contributed by atoms with van der Waals surface area (Å²) in [6, 6.07) is 0.0295. The molecule has 0 fully saturated rings. The van der Waals surface area contributed by atoms with Crippen molar-refractivity contribution in [1.82, 2.24) is 14.9 Å². The van der Waals surface area contributed by atoms with Gasteiger partial charge in [-0.05, 0) is 38.7 Å². The number of ether oxygens (including phenoxy) is 1. The summed E-state index contributed by atoms with van der Waals surface area (Å²) < 4.78 is 6.89. The maximum atomic E-state index is 12.9. The minimum Gasteiger partial charge on any atom is -0.451 e. The summed E-state index contributed by atoms with van der Waals surface area (Å²) in [5, 5.41) is 3.24. The van der Waals surface area contributed by atoms with Gasteiger partial charge >= 0.3 is 5.97 Å². The van der Waals surface area contributed by atoms with Crippen LogP contribution in [-0.2, 0) is 22.5 Å². The summed E-state index contributed by atoms with van der Waals surface area (Å²) >= 11 is 1.17. The topological polar surface area (TPSA) is 90.3 Å². The van der Waals surface area contributed by atoms with Gasteiger partial charge in [0, 0.05) is 19.0 Å². The van der Waals surface area contributed by atoms with Gasteiger partial charge in [0.25, 0.3) is 11.5 Å². The monoisotopic (exact) mass is 391 g/mol. The van der Waals surface area contributed by atoms with Crippen molar-refractivity contribution in [3.63, 3.8) is 0 Å². The predicted molar refractivity (Wildman–Crippen MR) is 104 cm³/mol. The molecule has 0 bridgehead atoms. The number of rotatable bonds is 5. The molecule has 3 rings (SSSR count). The molecular formula is C19H25N3O4S. The number of carbonyl (C=O) groups excluding carboxylic acids is 2. The Bertz CT molecular complexity index is 931. The van der Waals surface area contributed by atoms with E-state index in [1.54, 1.807) is 11.5 Å². The van der Waals surface area contributed by atoms with Gasteiger partial charge in [0.15, 0.2) is 6.61 Å². The molecule has 0 spiro atoms. The maximum absolute atomic E-state index is 12.9. The molecule has 0 unspecified atom stereocenters. The zero-order valence-corrected chi connectivity index (χ0v) is 16.8. The fraction of sp³-hybridized carbons (Fsp3) is 0.579. The number of carbonyl (C=O) groups is 2. The molecular weight excluding hydrogens is 366 g/mol. The number of nitrogens with zero attached hydrogens (tertiary/aromatic N) is 2. The minimum absolute atomic E-state index is 0.0295. The van der Waals surface area contributed by atoms with Gasteiger partial charge in [-0.15, -0.1) is 11.3 Å². The Morgan fingerprint density at radius 3 is 2.85 bits per heavy atom. The molecule has 1 amide bonds. The lowest BCUT2D eigenvalue weighted by molar-refractivity contribution is -0.124. The summed E-state index contributed by atoms with van der Waals surface area (Å²) in [4.78, 5) is 42.7. The van der Waals surface area contributed by atoms with Gasteiger partial charge < -0.3 is 10.1 Å². The van der Waals surface area contributed by atoms with Gasteiger partial charge in [0.2, 0.25) is 0 Å². The van der Waals surface area contributed by atoms with Gasteiger partial charge in [-0.1, -0.05) is 13.3 Å². The number of hydrogen-bond acceptors (Lipinski definition) is 6. The number of aromatic nitrogens is 2. The lowest BCUT2D eigenvalue weighted by atomic mass is 10.2. The normalized spacial score (nSPS) is 15.1.